The van der Waals surface area contributed by atoms with Crippen LogP contribution in [0.5, 0.6) is 11.5 Å². The van der Waals surface area contributed by atoms with Gasteiger partial charge in [-0.15, -0.1) is 0 Å². The van der Waals surface area contributed by atoms with Gasteiger partial charge in [-0.05, 0) is 45.1 Å². The van der Waals surface area contributed by atoms with Crippen LogP contribution in [0.1, 0.15) is 17.3 Å². The number of rotatable bonds is 7. The first-order valence-electron chi connectivity index (χ1n) is 6.98. The average Bonchev–Trinajstić information content (AvgIpc) is 2.56. The summed E-state index contributed by atoms with van der Waals surface area (Å²) in [6.07, 6.45) is -0.322. The first-order chi connectivity index (χ1) is 11.0. The minimum absolute atomic E-state index is 0. The molecule has 0 spiro atoms. The molecule has 2 atom stereocenters. The molecule has 0 saturated carbocycles. The van der Waals surface area contributed by atoms with Crippen LogP contribution in [0, 0.1) is 0 Å². The zero-order valence-corrected chi connectivity index (χ0v) is 15.9. The van der Waals surface area contributed by atoms with Crippen molar-refractivity contribution in [3.05, 3.63) is 53.1 Å². The van der Waals surface area contributed by atoms with Gasteiger partial charge in [-0.25, -0.2) is 0 Å². The minimum atomic E-state index is -0.322. The van der Waals surface area contributed by atoms with Crippen LogP contribution < -0.4 is 33.6 Å². The molecule has 2 unspecified atom stereocenters. The molecule has 0 aliphatic rings. The zero-order chi connectivity index (χ0) is 16.8. The molecule has 0 N–H and O–H groups in total. The number of benzene rings is 2. The van der Waals surface area contributed by atoms with Crippen molar-refractivity contribution in [3.63, 3.8) is 0 Å². The Bertz CT molecular complexity index is 679. The molecule has 122 valence electrons. The van der Waals surface area contributed by atoms with E-state index in [0.717, 1.165) is 5.30 Å². The SMILES string of the molecule is COc1cccc(Cl)c1C(=O)Pc1ccc(OC(C)OC)cc1.[Li+]. The second kappa shape index (κ2) is 10.1. The molecule has 0 fully saturated rings. The number of methoxy groups -OCH3 is 2. The molecule has 0 aliphatic carbocycles. The van der Waals surface area contributed by atoms with E-state index in [9.17, 15) is 4.79 Å². The standard InChI is InChI=1S/C17H18ClO4P.Li/c1-11(20-2)22-12-7-9-13(10-8-12)23-17(19)16-14(18)5-4-6-15(16)21-3;/h4-11,23H,1-3H3;/q;+1. The van der Waals surface area contributed by atoms with E-state index in [0.29, 0.717) is 22.1 Å². The van der Waals surface area contributed by atoms with E-state index in [-0.39, 0.29) is 39.3 Å². The van der Waals surface area contributed by atoms with Crippen molar-refractivity contribution in [3.8, 4) is 11.5 Å². The van der Waals surface area contributed by atoms with Gasteiger partial charge in [-0.1, -0.05) is 29.8 Å². The van der Waals surface area contributed by atoms with Crippen LogP contribution in [0.2, 0.25) is 5.02 Å². The summed E-state index contributed by atoms with van der Waals surface area (Å²) >= 11 is 6.14. The maximum absolute atomic E-state index is 12.5. The largest absolute Gasteiger partial charge is 1.00 e. The third kappa shape index (κ3) is 5.52. The van der Waals surface area contributed by atoms with Gasteiger partial charge in [-0.3, -0.25) is 4.79 Å². The van der Waals surface area contributed by atoms with Gasteiger partial charge in [0.2, 0.25) is 0 Å². The predicted octanol–water partition coefficient (Wildman–Crippen LogP) is 0.868. The van der Waals surface area contributed by atoms with Crippen molar-refractivity contribution >= 4 is 31.0 Å². The topological polar surface area (TPSA) is 44.8 Å². The van der Waals surface area contributed by atoms with E-state index >= 15 is 0 Å². The van der Waals surface area contributed by atoms with Crippen LogP contribution in [0.4, 0.5) is 0 Å². The van der Waals surface area contributed by atoms with Crippen LogP contribution in [-0.2, 0) is 4.74 Å². The molecule has 0 aromatic heterocycles. The number of carbonyl (C=O) groups excluding carboxylic acids is 1. The number of hydrogen-bond acceptors (Lipinski definition) is 4. The minimum Gasteiger partial charge on any atom is -0.496 e. The van der Waals surface area contributed by atoms with Crippen molar-refractivity contribution in [1.82, 2.24) is 0 Å². The van der Waals surface area contributed by atoms with Crippen molar-refractivity contribution in [2.45, 2.75) is 13.2 Å². The molecule has 2 rings (SSSR count). The van der Waals surface area contributed by atoms with Crippen LogP contribution in [-0.4, -0.2) is 26.0 Å². The van der Waals surface area contributed by atoms with Crippen molar-refractivity contribution in [2.75, 3.05) is 14.2 Å². The molecule has 0 saturated heterocycles. The molecular weight excluding hydrogens is 342 g/mol. The molecule has 7 heteroatoms. The Kier molecular flexibility index (Phi) is 8.84. The summed E-state index contributed by atoms with van der Waals surface area (Å²) in [6, 6.07) is 12.5. The second-order valence-electron chi connectivity index (χ2n) is 4.72. The molecular formula is C17H18ClLiO4P+. The first kappa shape index (κ1) is 21.0. The molecule has 24 heavy (non-hydrogen) atoms. The van der Waals surface area contributed by atoms with Gasteiger partial charge in [0.05, 0.1) is 17.7 Å². The Hall–Kier alpha value is -1.01. The maximum atomic E-state index is 12.5. The van der Waals surface area contributed by atoms with Gasteiger partial charge >= 0.3 is 18.9 Å². The average molecular weight is 360 g/mol. The Labute approximate surface area is 160 Å². The summed E-state index contributed by atoms with van der Waals surface area (Å²) in [5.74, 6) is 1.18. The zero-order valence-electron chi connectivity index (χ0n) is 14.1. The van der Waals surface area contributed by atoms with Crippen LogP contribution >= 0.6 is 20.2 Å². The Morgan fingerprint density at radius 2 is 1.79 bits per heavy atom. The van der Waals surface area contributed by atoms with Crippen LogP contribution in [0.3, 0.4) is 0 Å². The van der Waals surface area contributed by atoms with Crippen molar-refractivity contribution < 1.29 is 37.9 Å². The summed E-state index contributed by atoms with van der Waals surface area (Å²) in [6.45, 7) is 1.81. The van der Waals surface area contributed by atoms with Gasteiger partial charge < -0.3 is 14.2 Å². The van der Waals surface area contributed by atoms with Gasteiger partial charge in [0, 0.05) is 7.11 Å². The van der Waals surface area contributed by atoms with E-state index in [2.05, 4.69) is 0 Å². The van der Waals surface area contributed by atoms with E-state index in [1.807, 2.05) is 31.2 Å². The Morgan fingerprint density at radius 3 is 2.38 bits per heavy atom. The molecule has 0 heterocycles. The number of ether oxygens (including phenoxy) is 3. The summed E-state index contributed by atoms with van der Waals surface area (Å²) in [5, 5.41) is 1.30. The van der Waals surface area contributed by atoms with Gasteiger partial charge in [0.25, 0.3) is 0 Å². The Morgan fingerprint density at radius 1 is 1.12 bits per heavy atom. The molecule has 4 nitrogen and oxygen atoms in total. The molecule has 0 aliphatic heterocycles. The number of hydrogen-bond donors (Lipinski definition) is 0. The molecule has 0 bridgehead atoms. The van der Waals surface area contributed by atoms with E-state index < -0.39 is 0 Å². The predicted molar refractivity (Wildman–Crippen MR) is 93.8 cm³/mol. The number of carbonyl (C=O) groups is 1. The fourth-order valence-electron chi connectivity index (χ4n) is 1.94. The van der Waals surface area contributed by atoms with E-state index in [1.54, 1.807) is 25.3 Å². The summed E-state index contributed by atoms with van der Waals surface area (Å²) in [7, 11) is 3.06. The van der Waals surface area contributed by atoms with Crippen LogP contribution in [0.15, 0.2) is 42.5 Å². The summed E-state index contributed by atoms with van der Waals surface area (Å²) < 4.78 is 15.8. The third-order valence-electron chi connectivity index (χ3n) is 3.17. The summed E-state index contributed by atoms with van der Waals surface area (Å²) in [4.78, 5) is 12.5. The van der Waals surface area contributed by atoms with Crippen LogP contribution in [0.25, 0.3) is 0 Å². The first-order valence-corrected chi connectivity index (χ1v) is 8.36. The Balaban J connectivity index is 0.00000288. The van der Waals surface area contributed by atoms with Gasteiger partial charge in [-0.2, -0.15) is 0 Å². The number of halogens is 1. The van der Waals surface area contributed by atoms with Crippen molar-refractivity contribution in [1.29, 1.82) is 0 Å². The maximum Gasteiger partial charge on any atom is 1.00 e. The molecule has 0 amide bonds. The van der Waals surface area contributed by atoms with E-state index in [1.165, 1.54) is 7.11 Å². The molecule has 2 aromatic carbocycles. The smallest absolute Gasteiger partial charge is 0.496 e. The molecule has 0 radical (unpaired) electrons. The monoisotopic (exact) mass is 359 g/mol. The fraction of sp³-hybridized carbons (Fsp3) is 0.235. The molecule has 2 aromatic rings. The van der Waals surface area contributed by atoms with Gasteiger partial charge in [0.1, 0.15) is 11.5 Å². The third-order valence-corrected chi connectivity index (χ3v) is 4.58. The summed E-state index contributed by atoms with van der Waals surface area (Å²) in [5.41, 5.74) is 0.356. The van der Waals surface area contributed by atoms with E-state index in [4.69, 9.17) is 25.8 Å². The van der Waals surface area contributed by atoms with Gasteiger partial charge in [0.15, 0.2) is 11.8 Å². The second-order valence-corrected chi connectivity index (χ2v) is 6.41. The quantitative estimate of drug-likeness (QED) is 0.418. The normalized spacial score (nSPS) is 11.8. The fourth-order valence-corrected chi connectivity index (χ4v) is 3.25. The van der Waals surface area contributed by atoms with Crippen molar-refractivity contribution in [2.24, 2.45) is 0 Å².